The number of ether oxygens (including phenoxy) is 2. The molecule has 2 fully saturated rings. The maximum atomic E-state index is 12.8. The Kier molecular flexibility index (Phi) is 18.6. The molecule has 2 aliphatic carbocycles. The van der Waals surface area contributed by atoms with Gasteiger partial charge < -0.3 is 9.47 Å². The molecule has 344 valence electrons. The third-order valence-corrected chi connectivity index (χ3v) is 13.0. The van der Waals surface area contributed by atoms with Crippen LogP contribution in [0.25, 0.3) is 0 Å². The van der Waals surface area contributed by atoms with E-state index in [1.165, 1.54) is 0 Å². The van der Waals surface area contributed by atoms with Gasteiger partial charge >= 0.3 is 11.9 Å². The van der Waals surface area contributed by atoms with Crippen LogP contribution < -0.4 is 0 Å². The van der Waals surface area contributed by atoms with E-state index in [1.54, 1.807) is 31.2 Å². The predicted octanol–water partition coefficient (Wildman–Crippen LogP) is 11.6. The van der Waals surface area contributed by atoms with Crippen LogP contribution in [0.1, 0.15) is 108 Å². The Morgan fingerprint density at radius 3 is 1.48 bits per heavy atom. The summed E-state index contributed by atoms with van der Waals surface area (Å²) in [6, 6.07) is 46.2. The molecular formula is C55H66N2O7S. The number of benzene rings is 5. The first-order valence-corrected chi connectivity index (χ1v) is 24.2. The molecule has 0 N–H and O–H groups in total. The largest absolute Gasteiger partial charge is 0.465 e. The second kappa shape index (κ2) is 24.0. The van der Waals surface area contributed by atoms with Crippen molar-refractivity contribution in [3.63, 3.8) is 0 Å². The highest BCUT2D eigenvalue weighted by molar-refractivity contribution is 7.86. The lowest BCUT2D eigenvalue weighted by molar-refractivity contribution is -0.146. The van der Waals surface area contributed by atoms with Crippen LogP contribution >= 0.6 is 0 Å². The second-order valence-corrected chi connectivity index (χ2v) is 19.7. The van der Waals surface area contributed by atoms with Gasteiger partial charge in [-0.2, -0.15) is 8.42 Å². The SMILES string of the molecule is CCOC(=O)C(N=C(c1ccccc1)c1ccccc1)C1CCC(C)(C)C1.CCOC(=O)CN=C(c1ccccc1)c1ccccc1.Cc1ccc(S(=O)(=O)OC2CCC(C)(C)C2)cc1. The van der Waals surface area contributed by atoms with Gasteiger partial charge in [0.25, 0.3) is 10.1 Å². The average Bonchev–Trinajstić information content (AvgIpc) is 3.84. The quantitative estimate of drug-likeness (QED) is 0.0618. The van der Waals surface area contributed by atoms with Gasteiger partial charge in [-0.1, -0.05) is 167 Å². The van der Waals surface area contributed by atoms with E-state index in [0.717, 1.165) is 77.8 Å². The van der Waals surface area contributed by atoms with E-state index in [-0.39, 0.29) is 46.2 Å². The Bertz CT molecular complexity index is 2330. The van der Waals surface area contributed by atoms with Crippen LogP contribution in [0.4, 0.5) is 0 Å². The topological polar surface area (TPSA) is 121 Å². The van der Waals surface area contributed by atoms with Gasteiger partial charge in [0.15, 0.2) is 6.04 Å². The van der Waals surface area contributed by atoms with Crippen molar-refractivity contribution < 1.29 is 31.7 Å². The molecule has 5 aromatic rings. The van der Waals surface area contributed by atoms with Crippen LogP contribution in [0.5, 0.6) is 0 Å². The third kappa shape index (κ3) is 15.7. The van der Waals surface area contributed by atoms with Gasteiger partial charge in [-0.15, -0.1) is 0 Å². The molecule has 0 aromatic heterocycles. The molecule has 0 amide bonds. The normalized spacial score (nSPS) is 17.5. The lowest BCUT2D eigenvalue weighted by Crippen LogP contribution is -2.31. The van der Waals surface area contributed by atoms with Gasteiger partial charge in [-0.25, -0.2) is 4.79 Å². The molecule has 9 nitrogen and oxygen atoms in total. The number of aliphatic imine (C=N–C) groups is 2. The van der Waals surface area contributed by atoms with Crippen LogP contribution in [0, 0.1) is 23.7 Å². The fourth-order valence-electron chi connectivity index (χ4n) is 8.27. The average molecular weight is 899 g/mol. The number of esters is 2. The molecule has 2 saturated carbocycles. The maximum absolute atomic E-state index is 12.8. The highest BCUT2D eigenvalue weighted by atomic mass is 32.2. The van der Waals surface area contributed by atoms with Crippen LogP contribution in [0.15, 0.2) is 160 Å². The summed E-state index contributed by atoms with van der Waals surface area (Å²) in [6.45, 7) is 15.2. The Morgan fingerprint density at radius 2 is 1.06 bits per heavy atom. The zero-order valence-corrected chi connectivity index (χ0v) is 39.9. The van der Waals surface area contributed by atoms with Gasteiger partial charge in [0.2, 0.25) is 0 Å². The van der Waals surface area contributed by atoms with E-state index >= 15 is 0 Å². The first kappa shape index (κ1) is 50.3. The first-order chi connectivity index (χ1) is 31.1. The molecule has 0 bridgehead atoms. The summed E-state index contributed by atoms with van der Waals surface area (Å²) in [5.41, 5.74) is 7.17. The number of aryl methyl sites for hydroxylation is 1. The second-order valence-electron chi connectivity index (χ2n) is 18.2. The third-order valence-electron chi connectivity index (χ3n) is 11.6. The van der Waals surface area contributed by atoms with Gasteiger partial charge in [-0.05, 0) is 88.2 Å². The molecule has 3 unspecified atom stereocenters. The van der Waals surface area contributed by atoms with E-state index in [0.29, 0.717) is 13.2 Å². The standard InChI is InChI=1S/C24H29NO2.C17H17NO2.C14H20O3S/c1-4-27-23(26)22(20-15-16-24(2,3)17-20)25-21(18-11-7-5-8-12-18)19-13-9-6-10-14-19;1-2-20-16(19)13-18-17(14-9-5-3-6-10-14)15-11-7-4-8-12-15;1-11-4-6-13(7-5-11)18(15,16)17-12-8-9-14(2,3)10-12/h5-14,20,22H,4,15-17H2,1-3H3;3-12H,2,13H2,1H3;4-7,12H,8-10H2,1-3H3. The summed E-state index contributed by atoms with van der Waals surface area (Å²) in [7, 11) is -3.61. The summed E-state index contributed by atoms with van der Waals surface area (Å²) in [5, 5.41) is 0. The minimum Gasteiger partial charge on any atom is -0.465 e. The molecule has 0 spiro atoms. The molecule has 2 aliphatic rings. The van der Waals surface area contributed by atoms with E-state index in [2.05, 4.69) is 32.7 Å². The Labute approximate surface area is 387 Å². The summed E-state index contributed by atoms with van der Waals surface area (Å²) in [5.74, 6) is -0.289. The summed E-state index contributed by atoms with van der Waals surface area (Å²) in [6.07, 6.45) is 5.59. The fourth-order valence-corrected chi connectivity index (χ4v) is 9.37. The molecule has 0 aliphatic heterocycles. The Morgan fingerprint density at radius 1 is 0.615 bits per heavy atom. The number of carbonyl (C=O) groups is 2. The molecule has 0 saturated heterocycles. The highest BCUT2D eigenvalue weighted by Crippen LogP contribution is 2.43. The van der Waals surface area contributed by atoms with Crippen molar-refractivity contribution in [3.8, 4) is 0 Å². The number of hydrogen-bond acceptors (Lipinski definition) is 9. The molecule has 10 heteroatoms. The molecule has 0 radical (unpaired) electrons. The van der Waals surface area contributed by atoms with Crippen molar-refractivity contribution in [1.82, 2.24) is 0 Å². The van der Waals surface area contributed by atoms with E-state index in [9.17, 15) is 18.0 Å². The molecule has 65 heavy (non-hydrogen) atoms. The van der Waals surface area contributed by atoms with Gasteiger partial charge in [0.1, 0.15) is 6.54 Å². The van der Waals surface area contributed by atoms with Crippen molar-refractivity contribution >= 4 is 33.5 Å². The van der Waals surface area contributed by atoms with Crippen LogP contribution in [-0.4, -0.2) is 63.7 Å². The van der Waals surface area contributed by atoms with Crippen molar-refractivity contribution in [3.05, 3.63) is 173 Å². The number of hydrogen-bond donors (Lipinski definition) is 0. The minimum absolute atomic E-state index is 0.0347. The lowest BCUT2D eigenvalue weighted by atomic mass is 9.88. The molecule has 5 aromatic carbocycles. The van der Waals surface area contributed by atoms with Crippen molar-refractivity contribution in [2.75, 3.05) is 19.8 Å². The highest BCUT2D eigenvalue weighted by Gasteiger charge is 2.40. The van der Waals surface area contributed by atoms with Crippen molar-refractivity contribution in [2.24, 2.45) is 26.7 Å². The van der Waals surface area contributed by atoms with Crippen LogP contribution in [0.2, 0.25) is 0 Å². The van der Waals surface area contributed by atoms with Gasteiger partial charge in [-0.3, -0.25) is 19.0 Å². The molecule has 0 heterocycles. The number of nitrogens with zero attached hydrogens (tertiary/aromatic N) is 2. The number of carbonyl (C=O) groups excluding carboxylic acids is 2. The molecule has 7 rings (SSSR count). The Balaban J connectivity index is 0.000000188. The molecular weight excluding hydrogens is 833 g/mol. The summed E-state index contributed by atoms with van der Waals surface area (Å²) >= 11 is 0. The number of rotatable bonds is 14. The van der Waals surface area contributed by atoms with E-state index in [4.69, 9.17) is 18.6 Å². The lowest BCUT2D eigenvalue weighted by Gasteiger charge is -2.22. The minimum atomic E-state index is -3.61. The van der Waals surface area contributed by atoms with Crippen molar-refractivity contribution in [1.29, 1.82) is 0 Å². The predicted molar refractivity (Wildman–Crippen MR) is 261 cm³/mol. The maximum Gasteiger partial charge on any atom is 0.331 e. The van der Waals surface area contributed by atoms with E-state index in [1.807, 2.05) is 135 Å². The zero-order chi connectivity index (χ0) is 46.9. The summed E-state index contributed by atoms with van der Waals surface area (Å²) in [4.78, 5) is 34.0. The fraction of sp³-hybridized carbons (Fsp3) is 0.382. The molecule has 3 atom stereocenters. The smallest absolute Gasteiger partial charge is 0.331 e. The van der Waals surface area contributed by atoms with Gasteiger partial charge in [0.05, 0.1) is 35.6 Å². The van der Waals surface area contributed by atoms with E-state index < -0.39 is 16.2 Å². The van der Waals surface area contributed by atoms with Crippen molar-refractivity contribution in [2.45, 2.75) is 104 Å². The van der Waals surface area contributed by atoms with Gasteiger partial charge in [0, 0.05) is 22.3 Å². The Hall–Kier alpha value is -5.71. The first-order valence-electron chi connectivity index (χ1n) is 22.8. The summed E-state index contributed by atoms with van der Waals surface area (Å²) < 4.78 is 39.8. The van der Waals surface area contributed by atoms with Crippen LogP contribution in [-0.2, 0) is 33.4 Å². The monoisotopic (exact) mass is 898 g/mol. The zero-order valence-electron chi connectivity index (χ0n) is 39.1. The van der Waals surface area contributed by atoms with Crippen LogP contribution in [0.3, 0.4) is 0 Å².